The molecule has 0 aliphatic carbocycles. The predicted octanol–water partition coefficient (Wildman–Crippen LogP) is 3.14. The van der Waals surface area contributed by atoms with Crippen LogP contribution in [0.4, 0.5) is 0 Å². The van der Waals surface area contributed by atoms with Gasteiger partial charge in [-0.2, -0.15) is 0 Å². The molecule has 0 amide bonds. The van der Waals surface area contributed by atoms with Crippen LogP contribution in [0.15, 0.2) is 36.4 Å². The summed E-state index contributed by atoms with van der Waals surface area (Å²) in [6, 6.07) is 12.7. The smallest absolute Gasteiger partial charge is 0.161 e. The number of rotatable bonds is 5. The fourth-order valence-corrected chi connectivity index (χ4v) is 3.19. The van der Waals surface area contributed by atoms with Crippen LogP contribution in [0.2, 0.25) is 0 Å². The van der Waals surface area contributed by atoms with Gasteiger partial charge in [-0.3, -0.25) is 0 Å². The first-order chi connectivity index (χ1) is 11.2. The minimum Gasteiger partial charge on any atom is -0.497 e. The standard InChI is InChI=1S/C19H23NO3/c1-21-15-6-4-5-13(9-15)10-17-16-12-19(23-3)18(22-2)11-14(16)7-8-20-17/h4-6,9,11-12,17,20H,7-8,10H2,1-3H3/t17-/m1/s1. The Labute approximate surface area is 137 Å². The number of methoxy groups -OCH3 is 3. The van der Waals surface area contributed by atoms with Crippen LogP contribution in [-0.4, -0.2) is 27.9 Å². The highest BCUT2D eigenvalue weighted by molar-refractivity contribution is 5.49. The molecule has 122 valence electrons. The molecule has 2 aromatic carbocycles. The van der Waals surface area contributed by atoms with Gasteiger partial charge < -0.3 is 19.5 Å². The molecule has 0 saturated heterocycles. The van der Waals surface area contributed by atoms with E-state index in [4.69, 9.17) is 14.2 Å². The minimum atomic E-state index is 0.269. The molecule has 0 saturated carbocycles. The molecule has 1 N–H and O–H groups in total. The van der Waals surface area contributed by atoms with E-state index in [1.165, 1.54) is 16.7 Å². The molecule has 0 bridgehead atoms. The van der Waals surface area contributed by atoms with Gasteiger partial charge in [0.2, 0.25) is 0 Å². The first-order valence-corrected chi connectivity index (χ1v) is 7.86. The minimum absolute atomic E-state index is 0.269. The third-order valence-electron chi connectivity index (χ3n) is 4.38. The van der Waals surface area contributed by atoms with Gasteiger partial charge in [-0.15, -0.1) is 0 Å². The maximum Gasteiger partial charge on any atom is 0.161 e. The van der Waals surface area contributed by atoms with Crippen LogP contribution in [0.25, 0.3) is 0 Å². The van der Waals surface area contributed by atoms with Crippen molar-refractivity contribution < 1.29 is 14.2 Å². The van der Waals surface area contributed by atoms with Gasteiger partial charge in [0.25, 0.3) is 0 Å². The second kappa shape index (κ2) is 6.92. The largest absolute Gasteiger partial charge is 0.497 e. The molecule has 2 aromatic rings. The highest BCUT2D eigenvalue weighted by atomic mass is 16.5. The zero-order valence-electron chi connectivity index (χ0n) is 13.9. The number of fused-ring (bicyclic) bond motifs is 1. The molecule has 0 radical (unpaired) electrons. The predicted molar refractivity (Wildman–Crippen MR) is 90.7 cm³/mol. The summed E-state index contributed by atoms with van der Waals surface area (Å²) in [4.78, 5) is 0. The van der Waals surface area contributed by atoms with E-state index in [1.807, 2.05) is 12.1 Å². The molecule has 0 unspecified atom stereocenters. The molecule has 1 aliphatic heterocycles. The summed E-state index contributed by atoms with van der Waals surface area (Å²) in [7, 11) is 5.06. The fraction of sp³-hybridized carbons (Fsp3) is 0.368. The van der Waals surface area contributed by atoms with E-state index in [-0.39, 0.29) is 6.04 Å². The SMILES string of the molecule is COc1cccc(C[C@H]2NCCc3cc(OC)c(OC)cc32)c1. The lowest BCUT2D eigenvalue weighted by atomic mass is 9.90. The van der Waals surface area contributed by atoms with Gasteiger partial charge in [-0.1, -0.05) is 12.1 Å². The molecule has 0 fully saturated rings. The first kappa shape index (κ1) is 15.7. The van der Waals surface area contributed by atoms with Crippen molar-refractivity contribution in [1.29, 1.82) is 0 Å². The normalized spacial score (nSPS) is 16.6. The van der Waals surface area contributed by atoms with Crippen LogP contribution < -0.4 is 19.5 Å². The van der Waals surface area contributed by atoms with Gasteiger partial charge in [-0.05, 0) is 60.3 Å². The van der Waals surface area contributed by atoms with Gasteiger partial charge in [0.1, 0.15) is 5.75 Å². The van der Waals surface area contributed by atoms with Crippen molar-refractivity contribution in [2.75, 3.05) is 27.9 Å². The molecule has 4 heteroatoms. The maximum atomic E-state index is 5.46. The topological polar surface area (TPSA) is 39.7 Å². The molecule has 0 aromatic heterocycles. The third kappa shape index (κ3) is 3.27. The summed E-state index contributed by atoms with van der Waals surface area (Å²) >= 11 is 0. The van der Waals surface area contributed by atoms with Crippen molar-refractivity contribution in [3.63, 3.8) is 0 Å². The van der Waals surface area contributed by atoms with Crippen molar-refractivity contribution in [3.8, 4) is 17.2 Å². The Balaban J connectivity index is 1.91. The van der Waals surface area contributed by atoms with E-state index in [9.17, 15) is 0 Å². The quantitative estimate of drug-likeness (QED) is 0.920. The fourth-order valence-electron chi connectivity index (χ4n) is 3.19. The van der Waals surface area contributed by atoms with Crippen LogP contribution in [0, 0.1) is 0 Å². The Kier molecular flexibility index (Phi) is 4.72. The van der Waals surface area contributed by atoms with E-state index < -0.39 is 0 Å². The van der Waals surface area contributed by atoms with Crippen LogP contribution >= 0.6 is 0 Å². The van der Waals surface area contributed by atoms with Crippen LogP contribution in [-0.2, 0) is 12.8 Å². The van der Waals surface area contributed by atoms with E-state index in [0.717, 1.165) is 36.6 Å². The Morgan fingerprint density at radius 2 is 1.78 bits per heavy atom. The Hall–Kier alpha value is -2.20. The summed E-state index contributed by atoms with van der Waals surface area (Å²) in [5.41, 5.74) is 3.87. The number of benzene rings is 2. The van der Waals surface area contributed by atoms with E-state index in [2.05, 4.69) is 29.6 Å². The van der Waals surface area contributed by atoms with Gasteiger partial charge in [0.15, 0.2) is 11.5 Å². The zero-order chi connectivity index (χ0) is 16.2. The number of hydrogen-bond acceptors (Lipinski definition) is 4. The van der Waals surface area contributed by atoms with E-state index in [1.54, 1.807) is 21.3 Å². The molecular weight excluding hydrogens is 290 g/mol. The third-order valence-corrected chi connectivity index (χ3v) is 4.38. The lowest BCUT2D eigenvalue weighted by Crippen LogP contribution is -2.31. The first-order valence-electron chi connectivity index (χ1n) is 7.86. The average molecular weight is 313 g/mol. The Bertz CT molecular complexity index is 684. The second-order valence-corrected chi connectivity index (χ2v) is 5.72. The number of ether oxygens (including phenoxy) is 3. The molecule has 23 heavy (non-hydrogen) atoms. The second-order valence-electron chi connectivity index (χ2n) is 5.72. The van der Waals surface area contributed by atoms with Crippen molar-refractivity contribution in [1.82, 2.24) is 5.32 Å². The van der Waals surface area contributed by atoms with Gasteiger partial charge in [-0.25, -0.2) is 0 Å². The Morgan fingerprint density at radius 3 is 2.52 bits per heavy atom. The van der Waals surface area contributed by atoms with E-state index >= 15 is 0 Å². The Morgan fingerprint density at radius 1 is 1.00 bits per heavy atom. The lowest BCUT2D eigenvalue weighted by Gasteiger charge is -2.28. The molecule has 0 spiro atoms. The highest BCUT2D eigenvalue weighted by Crippen LogP contribution is 2.36. The molecule has 4 nitrogen and oxygen atoms in total. The summed E-state index contributed by atoms with van der Waals surface area (Å²) in [5, 5.41) is 3.61. The van der Waals surface area contributed by atoms with Gasteiger partial charge in [0, 0.05) is 6.04 Å². The van der Waals surface area contributed by atoms with E-state index in [0.29, 0.717) is 0 Å². The molecule has 3 rings (SSSR count). The summed E-state index contributed by atoms with van der Waals surface area (Å²) in [6.45, 7) is 0.969. The lowest BCUT2D eigenvalue weighted by molar-refractivity contribution is 0.352. The van der Waals surface area contributed by atoms with Crippen LogP contribution in [0.3, 0.4) is 0 Å². The molecule has 1 heterocycles. The summed E-state index contributed by atoms with van der Waals surface area (Å²) < 4.78 is 16.2. The average Bonchev–Trinajstić information content (AvgIpc) is 2.61. The van der Waals surface area contributed by atoms with Crippen molar-refractivity contribution in [3.05, 3.63) is 53.1 Å². The van der Waals surface area contributed by atoms with Crippen molar-refractivity contribution in [2.45, 2.75) is 18.9 Å². The maximum absolute atomic E-state index is 5.46. The highest BCUT2D eigenvalue weighted by Gasteiger charge is 2.22. The molecular formula is C19H23NO3. The van der Waals surface area contributed by atoms with Gasteiger partial charge >= 0.3 is 0 Å². The van der Waals surface area contributed by atoms with Crippen LogP contribution in [0.1, 0.15) is 22.7 Å². The van der Waals surface area contributed by atoms with Crippen molar-refractivity contribution >= 4 is 0 Å². The summed E-state index contributed by atoms with van der Waals surface area (Å²) in [5.74, 6) is 2.48. The van der Waals surface area contributed by atoms with Crippen molar-refractivity contribution in [2.24, 2.45) is 0 Å². The summed E-state index contributed by atoms with van der Waals surface area (Å²) in [6.07, 6.45) is 1.92. The molecule has 1 atom stereocenters. The monoisotopic (exact) mass is 313 g/mol. The van der Waals surface area contributed by atoms with Gasteiger partial charge in [0.05, 0.1) is 21.3 Å². The number of nitrogens with one attached hydrogen (secondary N) is 1. The number of hydrogen-bond donors (Lipinski definition) is 1. The van der Waals surface area contributed by atoms with Crippen LogP contribution in [0.5, 0.6) is 17.2 Å². The molecule has 1 aliphatic rings. The zero-order valence-corrected chi connectivity index (χ0v) is 13.9.